The first-order chi connectivity index (χ1) is 4.84. The second-order valence-electron chi connectivity index (χ2n) is 2.50. The van der Waals surface area contributed by atoms with Crippen molar-refractivity contribution in [2.24, 2.45) is 0 Å². The minimum absolute atomic E-state index is 0. The molecule has 0 saturated carbocycles. The zero-order valence-corrected chi connectivity index (χ0v) is 10.0. The van der Waals surface area contributed by atoms with E-state index in [1.165, 1.54) is 11.5 Å². The Morgan fingerprint density at radius 2 is 1.73 bits per heavy atom. The Labute approximate surface area is 94.3 Å². The fraction of sp³-hybridized carbons (Fsp3) is 0.300. The molecule has 0 nitrogen and oxygen atoms in total. The van der Waals surface area contributed by atoms with Crippen LogP contribution in [0.25, 0.3) is 0 Å². The summed E-state index contributed by atoms with van der Waals surface area (Å²) in [5, 5.41) is 0. The normalized spacial score (nSPS) is 8.55. The molecule has 54 valence electrons. The van der Waals surface area contributed by atoms with Gasteiger partial charge in [0, 0.05) is 0 Å². The molecule has 0 spiro atoms. The predicted octanol–water partition coefficient (Wildman–Crippen LogP) is 3.04. The molecule has 0 saturated heterocycles. The Bertz CT molecular complexity index is 181. The first kappa shape index (κ1) is 11.2. The molecule has 0 aliphatic heterocycles. The summed E-state index contributed by atoms with van der Waals surface area (Å²) in [5.41, 5.74) is 1.37. The van der Waals surface area contributed by atoms with Gasteiger partial charge in [-0.15, -0.1) is 12.1 Å². The molecule has 0 bridgehead atoms. The van der Waals surface area contributed by atoms with Gasteiger partial charge in [0.1, 0.15) is 0 Å². The van der Waals surface area contributed by atoms with Crippen molar-refractivity contribution in [3.05, 3.63) is 41.8 Å². The van der Waals surface area contributed by atoms with Crippen molar-refractivity contribution in [1.29, 1.82) is 0 Å². The Balaban J connectivity index is 0.000001000. The molecule has 0 fully saturated rings. The van der Waals surface area contributed by atoms with Crippen LogP contribution < -0.4 is 0 Å². The van der Waals surface area contributed by atoms with Gasteiger partial charge >= 0.3 is 32.7 Å². The molecule has 0 amide bonds. The average molecular weight is 222 g/mol. The standard InChI is InChI=1S/C10H13.Y/c1-3-9(2)10-7-5-4-6-8-10;/h4-8H,3H2,1-2H3;/q-1;+3. The van der Waals surface area contributed by atoms with Gasteiger partial charge in [0.2, 0.25) is 0 Å². The van der Waals surface area contributed by atoms with Crippen LogP contribution in [0, 0.1) is 5.92 Å². The summed E-state index contributed by atoms with van der Waals surface area (Å²) in [4.78, 5) is 0. The quantitative estimate of drug-likeness (QED) is 0.674. The Morgan fingerprint density at radius 3 is 2.18 bits per heavy atom. The molecule has 1 aromatic rings. The van der Waals surface area contributed by atoms with Gasteiger partial charge in [-0.05, 0) is 0 Å². The van der Waals surface area contributed by atoms with Gasteiger partial charge in [-0.3, -0.25) is 0 Å². The van der Waals surface area contributed by atoms with E-state index in [2.05, 4.69) is 38.1 Å². The number of hydrogen-bond acceptors (Lipinski definition) is 0. The van der Waals surface area contributed by atoms with Crippen LogP contribution >= 0.6 is 0 Å². The van der Waals surface area contributed by atoms with Crippen molar-refractivity contribution < 1.29 is 32.7 Å². The van der Waals surface area contributed by atoms with Gasteiger partial charge in [0.15, 0.2) is 0 Å². The van der Waals surface area contributed by atoms with Crippen LogP contribution in [0.2, 0.25) is 0 Å². The zero-order valence-electron chi connectivity index (χ0n) is 7.17. The zero-order chi connectivity index (χ0) is 7.40. The maximum Gasteiger partial charge on any atom is 3.00 e. The van der Waals surface area contributed by atoms with Gasteiger partial charge in [0.05, 0.1) is 0 Å². The molecule has 0 radical (unpaired) electrons. The largest absolute Gasteiger partial charge is 3.00 e. The van der Waals surface area contributed by atoms with Crippen molar-refractivity contribution in [2.75, 3.05) is 0 Å². The molecule has 0 aromatic heterocycles. The van der Waals surface area contributed by atoms with E-state index >= 15 is 0 Å². The van der Waals surface area contributed by atoms with Crippen LogP contribution in [0.5, 0.6) is 0 Å². The van der Waals surface area contributed by atoms with Crippen LogP contribution in [-0.2, 0) is 32.7 Å². The third kappa shape index (κ3) is 3.40. The van der Waals surface area contributed by atoms with Crippen LogP contribution in [0.1, 0.15) is 25.8 Å². The van der Waals surface area contributed by atoms with E-state index < -0.39 is 0 Å². The second-order valence-corrected chi connectivity index (χ2v) is 2.50. The van der Waals surface area contributed by atoms with Crippen molar-refractivity contribution in [3.8, 4) is 0 Å². The predicted molar refractivity (Wildman–Crippen MR) is 44.8 cm³/mol. The van der Waals surface area contributed by atoms with Crippen molar-refractivity contribution >= 4 is 0 Å². The van der Waals surface area contributed by atoms with E-state index in [1.807, 2.05) is 6.07 Å². The minimum Gasteiger partial charge on any atom is -0.189 e. The first-order valence-corrected chi connectivity index (χ1v) is 3.72. The second kappa shape index (κ2) is 5.80. The van der Waals surface area contributed by atoms with E-state index in [0.717, 1.165) is 6.42 Å². The molecule has 0 N–H and O–H groups in total. The van der Waals surface area contributed by atoms with Gasteiger partial charge in [-0.2, -0.15) is 23.6 Å². The van der Waals surface area contributed by atoms with Crippen molar-refractivity contribution in [1.82, 2.24) is 0 Å². The molecule has 1 rings (SSSR count). The first-order valence-electron chi connectivity index (χ1n) is 3.72. The van der Waals surface area contributed by atoms with Crippen molar-refractivity contribution in [2.45, 2.75) is 20.3 Å². The maximum atomic E-state index is 2.18. The van der Waals surface area contributed by atoms with Gasteiger partial charge < -0.3 is 0 Å². The van der Waals surface area contributed by atoms with Crippen LogP contribution in [0.3, 0.4) is 0 Å². The third-order valence-electron chi connectivity index (χ3n) is 1.80. The van der Waals surface area contributed by atoms with E-state index in [1.54, 1.807) is 0 Å². The van der Waals surface area contributed by atoms with Gasteiger partial charge in [0.25, 0.3) is 0 Å². The Morgan fingerprint density at radius 1 is 1.18 bits per heavy atom. The van der Waals surface area contributed by atoms with Gasteiger partial charge in [-0.1, -0.05) is 26.3 Å². The summed E-state index contributed by atoms with van der Waals surface area (Å²) < 4.78 is 0. The van der Waals surface area contributed by atoms with E-state index in [9.17, 15) is 0 Å². The van der Waals surface area contributed by atoms with Crippen LogP contribution in [0.4, 0.5) is 0 Å². The molecule has 1 heteroatoms. The molecule has 0 atom stereocenters. The average Bonchev–Trinajstić information content (AvgIpc) is 2.05. The summed E-state index contributed by atoms with van der Waals surface area (Å²) in [5.74, 6) is 1.46. The van der Waals surface area contributed by atoms with Gasteiger partial charge in [-0.25, -0.2) is 0 Å². The van der Waals surface area contributed by atoms with Crippen molar-refractivity contribution in [3.63, 3.8) is 0 Å². The maximum absolute atomic E-state index is 2.18. The fourth-order valence-corrected chi connectivity index (χ4v) is 0.927. The summed E-state index contributed by atoms with van der Waals surface area (Å²) in [7, 11) is 0. The summed E-state index contributed by atoms with van der Waals surface area (Å²) >= 11 is 0. The molecule has 1 aromatic carbocycles. The number of rotatable bonds is 2. The molecule has 11 heavy (non-hydrogen) atoms. The molecule has 0 heterocycles. The molecule has 0 aliphatic carbocycles. The third-order valence-corrected chi connectivity index (χ3v) is 1.80. The smallest absolute Gasteiger partial charge is 0.189 e. The minimum atomic E-state index is 0. The topological polar surface area (TPSA) is 0 Å². The SMILES string of the molecule is CC[C-](C)c1ccccc1.[Y+3]. The fourth-order valence-electron chi connectivity index (χ4n) is 0.927. The molecular formula is C10H13Y+2. The van der Waals surface area contributed by atoms with Crippen LogP contribution in [0.15, 0.2) is 30.3 Å². The van der Waals surface area contributed by atoms with E-state index in [4.69, 9.17) is 0 Å². The van der Waals surface area contributed by atoms with E-state index in [0.29, 0.717) is 0 Å². The molecular weight excluding hydrogens is 209 g/mol. The number of benzene rings is 1. The number of hydrogen-bond donors (Lipinski definition) is 0. The van der Waals surface area contributed by atoms with E-state index in [-0.39, 0.29) is 32.7 Å². The Hall–Kier alpha value is 0.194. The molecule has 0 aliphatic rings. The summed E-state index contributed by atoms with van der Waals surface area (Å²) in [6, 6.07) is 10.5. The van der Waals surface area contributed by atoms with Crippen LogP contribution in [-0.4, -0.2) is 0 Å². The summed E-state index contributed by atoms with van der Waals surface area (Å²) in [6.45, 7) is 4.36. The monoisotopic (exact) mass is 222 g/mol. The summed E-state index contributed by atoms with van der Waals surface area (Å²) in [6.07, 6.45) is 1.14. The molecule has 0 unspecified atom stereocenters. The Kier molecular flexibility index (Phi) is 5.90.